The number of carbonyl (C=O) groups excluding carboxylic acids is 1. The number of rotatable bonds is 4. The van der Waals surface area contributed by atoms with E-state index in [9.17, 15) is 14.9 Å². The first-order chi connectivity index (χ1) is 9.43. The lowest BCUT2D eigenvalue weighted by Crippen LogP contribution is -2.39. The number of nitro groups is 1. The number of carbonyl (C=O) groups is 1. The van der Waals surface area contributed by atoms with Crippen LogP contribution >= 0.6 is 0 Å². The molecule has 1 aliphatic heterocycles. The summed E-state index contributed by atoms with van der Waals surface area (Å²) >= 11 is 0. The molecule has 1 saturated heterocycles. The maximum absolute atomic E-state index is 11.4. The Morgan fingerprint density at radius 2 is 2.30 bits per heavy atom. The molecule has 2 heterocycles. The number of ether oxygens (including phenoxy) is 1. The van der Waals surface area contributed by atoms with Crippen molar-refractivity contribution in [2.24, 2.45) is 5.84 Å². The molecule has 3 N–H and O–H groups in total. The van der Waals surface area contributed by atoms with Crippen LogP contribution in [0.5, 0.6) is 0 Å². The van der Waals surface area contributed by atoms with Gasteiger partial charge in [-0.05, 0) is 26.7 Å². The second kappa shape index (κ2) is 5.55. The maximum atomic E-state index is 11.4. The molecule has 20 heavy (non-hydrogen) atoms. The Morgan fingerprint density at radius 3 is 2.85 bits per heavy atom. The number of aryl methyl sites for hydroxylation is 1. The quantitative estimate of drug-likeness (QED) is 0.345. The van der Waals surface area contributed by atoms with Crippen LogP contribution in [-0.2, 0) is 16.1 Å². The number of hydrogen-bond acceptors (Lipinski definition) is 6. The van der Waals surface area contributed by atoms with Gasteiger partial charge in [0.1, 0.15) is 17.5 Å². The SMILES string of the molecule is Cc1nn(CC2CCC(C(=O)NN)O2)c(C)c1[N+](=O)[O-]. The molecular weight excluding hydrogens is 266 g/mol. The zero-order valence-electron chi connectivity index (χ0n) is 11.3. The van der Waals surface area contributed by atoms with Gasteiger partial charge in [-0.25, -0.2) is 5.84 Å². The van der Waals surface area contributed by atoms with Crippen molar-refractivity contribution in [2.45, 2.75) is 45.4 Å². The van der Waals surface area contributed by atoms with Gasteiger partial charge in [0.25, 0.3) is 5.91 Å². The Bertz CT molecular complexity index is 541. The molecule has 0 bridgehead atoms. The van der Waals surface area contributed by atoms with Crippen LogP contribution in [0.4, 0.5) is 5.69 Å². The van der Waals surface area contributed by atoms with Gasteiger partial charge in [-0.2, -0.15) is 5.10 Å². The highest BCUT2D eigenvalue weighted by molar-refractivity contribution is 5.80. The van der Waals surface area contributed by atoms with E-state index in [2.05, 4.69) is 10.5 Å². The van der Waals surface area contributed by atoms with Crippen molar-refractivity contribution in [3.05, 3.63) is 21.5 Å². The van der Waals surface area contributed by atoms with Crippen LogP contribution in [-0.4, -0.2) is 32.8 Å². The highest BCUT2D eigenvalue weighted by atomic mass is 16.6. The molecule has 9 nitrogen and oxygen atoms in total. The number of hydrazine groups is 1. The number of nitrogens with zero attached hydrogens (tertiary/aromatic N) is 3. The van der Waals surface area contributed by atoms with E-state index in [1.54, 1.807) is 18.5 Å². The summed E-state index contributed by atoms with van der Waals surface area (Å²) in [6.45, 7) is 3.63. The molecular formula is C11H17N5O4. The first-order valence-electron chi connectivity index (χ1n) is 6.28. The molecule has 0 radical (unpaired) electrons. The van der Waals surface area contributed by atoms with E-state index in [1.165, 1.54) is 0 Å². The minimum absolute atomic E-state index is 0.0271. The third-order valence-corrected chi connectivity index (χ3v) is 3.44. The van der Waals surface area contributed by atoms with E-state index < -0.39 is 11.0 Å². The Morgan fingerprint density at radius 1 is 1.60 bits per heavy atom. The zero-order chi connectivity index (χ0) is 14.9. The van der Waals surface area contributed by atoms with E-state index >= 15 is 0 Å². The smallest absolute Gasteiger partial charge is 0.312 e. The fourth-order valence-corrected chi connectivity index (χ4v) is 2.45. The Hall–Kier alpha value is -2.00. The summed E-state index contributed by atoms with van der Waals surface area (Å²) in [5.41, 5.74) is 2.95. The molecule has 1 fully saturated rings. The minimum Gasteiger partial charge on any atom is -0.363 e. The molecule has 110 valence electrons. The van der Waals surface area contributed by atoms with Gasteiger partial charge in [-0.3, -0.25) is 25.0 Å². The summed E-state index contributed by atoms with van der Waals surface area (Å²) in [6, 6.07) is 0. The lowest BCUT2D eigenvalue weighted by atomic mass is 10.2. The summed E-state index contributed by atoms with van der Waals surface area (Å²) < 4.78 is 7.12. The fraction of sp³-hybridized carbons (Fsp3) is 0.636. The van der Waals surface area contributed by atoms with Gasteiger partial charge in [0.2, 0.25) is 0 Å². The van der Waals surface area contributed by atoms with Crippen LogP contribution in [0.1, 0.15) is 24.2 Å². The molecule has 0 spiro atoms. The average molecular weight is 283 g/mol. The second-order valence-corrected chi connectivity index (χ2v) is 4.79. The van der Waals surface area contributed by atoms with Crippen LogP contribution < -0.4 is 11.3 Å². The summed E-state index contributed by atoms with van der Waals surface area (Å²) in [5.74, 6) is 4.70. The van der Waals surface area contributed by atoms with Crippen LogP contribution in [0.15, 0.2) is 0 Å². The highest BCUT2D eigenvalue weighted by Gasteiger charge is 2.32. The molecule has 0 aromatic carbocycles. The predicted molar refractivity (Wildman–Crippen MR) is 68.6 cm³/mol. The molecule has 1 aromatic rings. The average Bonchev–Trinajstić information content (AvgIpc) is 2.95. The molecule has 0 saturated carbocycles. The van der Waals surface area contributed by atoms with E-state index in [1.807, 2.05) is 0 Å². The molecule has 1 amide bonds. The Labute approximate surface area is 115 Å². The van der Waals surface area contributed by atoms with Crippen LogP contribution in [0.25, 0.3) is 0 Å². The lowest BCUT2D eigenvalue weighted by molar-refractivity contribution is -0.386. The zero-order valence-corrected chi connectivity index (χ0v) is 11.3. The summed E-state index contributed by atoms with van der Waals surface area (Å²) in [5, 5.41) is 15.1. The monoisotopic (exact) mass is 283 g/mol. The third kappa shape index (κ3) is 2.63. The van der Waals surface area contributed by atoms with Crippen molar-refractivity contribution in [1.29, 1.82) is 0 Å². The lowest BCUT2D eigenvalue weighted by Gasteiger charge is -2.13. The number of hydrogen-bond donors (Lipinski definition) is 2. The summed E-state index contributed by atoms with van der Waals surface area (Å²) in [7, 11) is 0. The molecule has 0 aliphatic carbocycles. The van der Waals surface area contributed by atoms with Crippen molar-refractivity contribution in [1.82, 2.24) is 15.2 Å². The number of nitrogens with one attached hydrogen (secondary N) is 1. The van der Waals surface area contributed by atoms with Crippen LogP contribution in [0, 0.1) is 24.0 Å². The van der Waals surface area contributed by atoms with Gasteiger partial charge in [0.05, 0.1) is 17.6 Å². The van der Waals surface area contributed by atoms with Gasteiger partial charge in [-0.15, -0.1) is 0 Å². The van der Waals surface area contributed by atoms with E-state index in [0.29, 0.717) is 30.8 Å². The van der Waals surface area contributed by atoms with Crippen molar-refractivity contribution in [3.63, 3.8) is 0 Å². The predicted octanol–water partition coefficient (Wildman–Crippen LogP) is -0.0544. The van der Waals surface area contributed by atoms with Crippen molar-refractivity contribution in [2.75, 3.05) is 0 Å². The number of nitrogens with two attached hydrogens (primary N) is 1. The highest BCUT2D eigenvalue weighted by Crippen LogP contribution is 2.25. The van der Waals surface area contributed by atoms with Crippen molar-refractivity contribution < 1.29 is 14.5 Å². The normalized spacial score (nSPS) is 21.9. The standard InChI is InChI=1S/C11H17N5O4/c1-6-10(16(18)19)7(2)15(14-6)5-8-3-4-9(20-8)11(17)13-12/h8-9H,3-5,12H2,1-2H3,(H,13,17). The number of amides is 1. The summed E-state index contributed by atoms with van der Waals surface area (Å²) in [4.78, 5) is 21.8. The van der Waals surface area contributed by atoms with Gasteiger partial charge >= 0.3 is 5.69 Å². The minimum atomic E-state index is -0.558. The van der Waals surface area contributed by atoms with Crippen molar-refractivity contribution in [3.8, 4) is 0 Å². The molecule has 1 aromatic heterocycles. The number of aromatic nitrogens is 2. The largest absolute Gasteiger partial charge is 0.363 e. The van der Waals surface area contributed by atoms with E-state index in [4.69, 9.17) is 10.6 Å². The first kappa shape index (κ1) is 14.4. The molecule has 2 unspecified atom stereocenters. The van der Waals surface area contributed by atoms with Crippen molar-refractivity contribution >= 4 is 11.6 Å². The molecule has 2 rings (SSSR count). The molecule has 1 aliphatic rings. The topological polar surface area (TPSA) is 125 Å². The second-order valence-electron chi connectivity index (χ2n) is 4.79. The Kier molecular flexibility index (Phi) is 4.00. The molecule has 9 heteroatoms. The van der Waals surface area contributed by atoms with Crippen LogP contribution in [0.2, 0.25) is 0 Å². The van der Waals surface area contributed by atoms with E-state index in [-0.39, 0.29) is 17.7 Å². The first-order valence-corrected chi connectivity index (χ1v) is 6.28. The Balaban J connectivity index is 2.07. The van der Waals surface area contributed by atoms with E-state index in [0.717, 1.165) is 0 Å². The summed E-state index contributed by atoms with van der Waals surface area (Å²) in [6.07, 6.45) is 0.506. The van der Waals surface area contributed by atoms with Gasteiger partial charge in [-0.1, -0.05) is 0 Å². The third-order valence-electron chi connectivity index (χ3n) is 3.44. The van der Waals surface area contributed by atoms with Gasteiger partial charge in [0.15, 0.2) is 0 Å². The maximum Gasteiger partial charge on any atom is 0.312 e. The van der Waals surface area contributed by atoms with Crippen LogP contribution in [0.3, 0.4) is 0 Å². The van der Waals surface area contributed by atoms with Gasteiger partial charge < -0.3 is 4.74 Å². The van der Waals surface area contributed by atoms with Gasteiger partial charge in [0, 0.05) is 0 Å². The fourth-order valence-electron chi connectivity index (χ4n) is 2.45. The molecule has 2 atom stereocenters.